The lowest BCUT2D eigenvalue weighted by Gasteiger charge is -2.30. The van der Waals surface area contributed by atoms with Crippen LogP contribution in [0.3, 0.4) is 0 Å². The molecule has 1 aromatic heterocycles. The highest BCUT2D eigenvalue weighted by molar-refractivity contribution is 6.42. The van der Waals surface area contributed by atoms with Crippen LogP contribution in [0.15, 0.2) is 47.3 Å². The molecule has 0 unspecified atom stereocenters. The molecular weight excluding hydrogens is 451 g/mol. The minimum atomic E-state index is -0.184. The molecule has 3 aromatic rings. The fourth-order valence-electron chi connectivity index (χ4n) is 3.79. The number of rotatable bonds is 4. The molecule has 1 aliphatic heterocycles. The number of anilines is 1. The Kier molecular flexibility index (Phi) is 6.13. The first-order valence-corrected chi connectivity index (χ1v) is 10.8. The number of nitrogens with zero attached hydrogens (tertiary/aromatic N) is 4. The average Bonchev–Trinajstić information content (AvgIpc) is 2.80. The Morgan fingerprint density at radius 2 is 1.88 bits per heavy atom. The summed E-state index contributed by atoms with van der Waals surface area (Å²) in [5.41, 5.74) is 2.08. The van der Waals surface area contributed by atoms with Crippen LogP contribution in [0.4, 0.5) is 5.95 Å². The predicted octanol–water partition coefficient (Wildman–Crippen LogP) is 3.81. The number of methoxy groups -OCH3 is 1. The highest BCUT2D eigenvalue weighted by atomic mass is 35.5. The van der Waals surface area contributed by atoms with Crippen molar-refractivity contribution in [2.24, 2.45) is 0 Å². The molecule has 4 rings (SSSR count). The molecule has 0 atom stereocenters. The van der Waals surface area contributed by atoms with Gasteiger partial charge >= 0.3 is 0 Å². The van der Waals surface area contributed by atoms with Crippen molar-refractivity contribution in [1.29, 1.82) is 0 Å². The number of aromatic nitrogens is 2. The van der Waals surface area contributed by atoms with Crippen LogP contribution in [0, 0.1) is 0 Å². The largest absolute Gasteiger partial charge is 0.495 e. The number of hydrogen-bond acceptors (Lipinski definition) is 5. The van der Waals surface area contributed by atoms with E-state index in [1.807, 2.05) is 32.3 Å². The van der Waals surface area contributed by atoms with Crippen molar-refractivity contribution in [2.45, 2.75) is 13.0 Å². The Morgan fingerprint density at radius 1 is 1.12 bits per heavy atom. The van der Waals surface area contributed by atoms with Gasteiger partial charge in [-0.25, -0.2) is 9.55 Å². The summed E-state index contributed by atoms with van der Waals surface area (Å²) in [6.07, 6.45) is 0.400. The quantitative estimate of drug-likeness (QED) is 0.577. The first kappa shape index (κ1) is 22.2. The van der Waals surface area contributed by atoms with Gasteiger partial charge in [-0.1, -0.05) is 35.3 Å². The molecule has 2 heterocycles. The van der Waals surface area contributed by atoms with E-state index in [9.17, 15) is 9.59 Å². The summed E-state index contributed by atoms with van der Waals surface area (Å²) in [5, 5.41) is 0.712. The maximum Gasteiger partial charge on any atom is 0.263 e. The van der Waals surface area contributed by atoms with Crippen molar-refractivity contribution < 1.29 is 9.53 Å². The Balaban J connectivity index is 1.76. The molecule has 9 heteroatoms. The monoisotopic (exact) mass is 472 g/mol. The molecule has 0 spiro atoms. The number of halogens is 2. The van der Waals surface area contributed by atoms with E-state index < -0.39 is 0 Å². The standard InChI is InChI=1S/C23H22Cl2N4O3/c1-27(2)23-26-18-13-28(21(30)14-8-9-16(24)17(25)12-14)11-10-15(18)22(31)29(23)19-6-4-5-7-20(19)32-3/h4-9,12H,10-11,13H2,1-3H3. The second-order valence-corrected chi connectivity index (χ2v) is 8.46. The van der Waals surface area contributed by atoms with Gasteiger partial charge in [0, 0.05) is 31.8 Å². The second kappa shape index (κ2) is 8.84. The Morgan fingerprint density at radius 3 is 2.56 bits per heavy atom. The summed E-state index contributed by atoms with van der Waals surface area (Å²) in [5.74, 6) is 0.852. The maximum absolute atomic E-state index is 13.5. The SMILES string of the molecule is COc1ccccc1-n1c(N(C)C)nc2c(c1=O)CCN(C(=O)c1ccc(Cl)c(Cl)c1)C2. The molecule has 0 radical (unpaired) electrons. The van der Waals surface area contributed by atoms with Crippen LogP contribution in [0.5, 0.6) is 5.75 Å². The van der Waals surface area contributed by atoms with Gasteiger partial charge in [-0.3, -0.25) is 9.59 Å². The molecule has 32 heavy (non-hydrogen) atoms. The topological polar surface area (TPSA) is 67.7 Å². The van der Waals surface area contributed by atoms with E-state index in [0.717, 1.165) is 0 Å². The number of fused-ring (bicyclic) bond motifs is 1. The summed E-state index contributed by atoms with van der Waals surface area (Å²) < 4.78 is 7.03. The zero-order valence-electron chi connectivity index (χ0n) is 17.9. The van der Waals surface area contributed by atoms with Crippen LogP contribution >= 0.6 is 23.2 Å². The Bertz CT molecular complexity index is 1260. The average molecular weight is 473 g/mol. The smallest absolute Gasteiger partial charge is 0.263 e. The van der Waals surface area contributed by atoms with Crippen molar-refractivity contribution in [1.82, 2.24) is 14.5 Å². The predicted molar refractivity (Wildman–Crippen MR) is 126 cm³/mol. The highest BCUT2D eigenvalue weighted by Gasteiger charge is 2.28. The van der Waals surface area contributed by atoms with Gasteiger partial charge < -0.3 is 14.5 Å². The zero-order chi connectivity index (χ0) is 23.0. The number of hydrogen-bond donors (Lipinski definition) is 0. The molecule has 1 aliphatic rings. The first-order chi connectivity index (χ1) is 15.3. The van der Waals surface area contributed by atoms with E-state index in [1.165, 1.54) is 0 Å². The number of carbonyl (C=O) groups is 1. The van der Waals surface area contributed by atoms with E-state index in [1.54, 1.807) is 45.7 Å². The van der Waals surface area contributed by atoms with E-state index in [0.29, 0.717) is 57.2 Å². The third kappa shape index (κ3) is 3.94. The van der Waals surface area contributed by atoms with Crippen molar-refractivity contribution in [3.8, 4) is 11.4 Å². The third-order valence-corrected chi connectivity index (χ3v) is 6.14. The van der Waals surface area contributed by atoms with Gasteiger partial charge in [0.05, 0.1) is 35.1 Å². The van der Waals surface area contributed by atoms with E-state index in [-0.39, 0.29) is 18.0 Å². The Labute approximate surface area is 195 Å². The molecule has 0 saturated carbocycles. The molecule has 0 bridgehead atoms. The minimum absolute atomic E-state index is 0.162. The Hall–Kier alpha value is -3.03. The first-order valence-electron chi connectivity index (χ1n) is 10.0. The molecule has 0 saturated heterocycles. The normalized spacial score (nSPS) is 13.0. The van der Waals surface area contributed by atoms with Gasteiger partial charge in [0.15, 0.2) is 0 Å². The lowest BCUT2D eigenvalue weighted by atomic mass is 10.0. The fourth-order valence-corrected chi connectivity index (χ4v) is 4.09. The van der Waals surface area contributed by atoms with Crippen molar-refractivity contribution in [3.63, 3.8) is 0 Å². The summed E-state index contributed by atoms with van der Waals surface area (Å²) in [7, 11) is 5.21. The van der Waals surface area contributed by atoms with E-state index >= 15 is 0 Å². The molecule has 7 nitrogen and oxygen atoms in total. The third-order valence-electron chi connectivity index (χ3n) is 5.40. The maximum atomic E-state index is 13.5. The van der Waals surface area contributed by atoms with Gasteiger partial charge in [0.25, 0.3) is 11.5 Å². The van der Waals surface area contributed by atoms with Crippen LogP contribution in [-0.4, -0.2) is 48.1 Å². The number of benzene rings is 2. The summed E-state index contributed by atoms with van der Waals surface area (Å²) in [6, 6.07) is 12.1. The van der Waals surface area contributed by atoms with Crippen molar-refractivity contribution in [3.05, 3.63) is 79.7 Å². The van der Waals surface area contributed by atoms with Gasteiger partial charge in [-0.15, -0.1) is 0 Å². The van der Waals surface area contributed by atoms with Gasteiger partial charge in [-0.05, 0) is 36.8 Å². The number of ether oxygens (including phenoxy) is 1. The number of para-hydroxylation sites is 2. The summed E-state index contributed by atoms with van der Waals surface area (Å²) in [4.78, 5) is 34.8. The summed E-state index contributed by atoms with van der Waals surface area (Å²) >= 11 is 12.1. The van der Waals surface area contributed by atoms with Crippen LogP contribution in [0.1, 0.15) is 21.6 Å². The lowest BCUT2D eigenvalue weighted by molar-refractivity contribution is 0.0731. The molecule has 0 fully saturated rings. The second-order valence-electron chi connectivity index (χ2n) is 7.65. The van der Waals surface area contributed by atoms with Crippen LogP contribution in [0.25, 0.3) is 5.69 Å². The summed E-state index contributed by atoms with van der Waals surface area (Å²) in [6.45, 7) is 0.632. The van der Waals surface area contributed by atoms with Gasteiger partial charge in [0.1, 0.15) is 5.75 Å². The molecule has 2 aromatic carbocycles. The van der Waals surface area contributed by atoms with Gasteiger partial charge in [-0.2, -0.15) is 0 Å². The number of carbonyl (C=O) groups excluding carboxylic acids is 1. The van der Waals surface area contributed by atoms with Crippen LogP contribution in [-0.2, 0) is 13.0 Å². The molecule has 166 valence electrons. The molecule has 1 amide bonds. The molecule has 0 N–H and O–H groups in total. The van der Waals surface area contributed by atoms with Crippen molar-refractivity contribution in [2.75, 3.05) is 32.6 Å². The molecule has 0 aliphatic carbocycles. The lowest BCUT2D eigenvalue weighted by Crippen LogP contribution is -2.41. The van der Waals surface area contributed by atoms with Crippen LogP contribution in [0.2, 0.25) is 10.0 Å². The van der Waals surface area contributed by atoms with Crippen molar-refractivity contribution >= 4 is 35.1 Å². The fraction of sp³-hybridized carbons (Fsp3) is 0.261. The highest BCUT2D eigenvalue weighted by Crippen LogP contribution is 2.28. The molecular formula is C23H22Cl2N4O3. The van der Waals surface area contributed by atoms with E-state index in [4.69, 9.17) is 32.9 Å². The van der Waals surface area contributed by atoms with Crippen LogP contribution < -0.4 is 15.2 Å². The van der Waals surface area contributed by atoms with Gasteiger partial charge in [0.2, 0.25) is 5.95 Å². The minimum Gasteiger partial charge on any atom is -0.495 e. The number of amides is 1. The van der Waals surface area contributed by atoms with E-state index in [2.05, 4.69) is 0 Å². The zero-order valence-corrected chi connectivity index (χ0v) is 19.4.